The van der Waals surface area contributed by atoms with Gasteiger partial charge in [0.05, 0.1) is 0 Å². The summed E-state index contributed by atoms with van der Waals surface area (Å²) < 4.78 is 0. The molecule has 0 bridgehead atoms. The van der Waals surface area contributed by atoms with Crippen LogP contribution in [0.4, 0.5) is 16.2 Å². The van der Waals surface area contributed by atoms with E-state index in [0.717, 1.165) is 12.0 Å². The first-order valence-corrected chi connectivity index (χ1v) is 5.04. The molecule has 0 atom stereocenters. The lowest BCUT2D eigenvalue weighted by Crippen LogP contribution is -2.29. The van der Waals surface area contributed by atoms with Crippen molar-refractivity contribution in [3.8, 4) is 0 Å². The van der Waals surface area contributed by atoms with E-state index in [2.05, 4.69) is 10.6 Å². The Balaban J connectivity index is 2.57. The second-order valence-corrected chi connectivity index (χ2v) is 3.45. The van der Waals surface area contributed by atoms with Gasteiger partial charge >= 0.3 is 6.03 Å². The van der Waals surface area contributed by atoms with E-state index in [4.69, 9.17) is 5.73 Å². The van der Waals surface area contributed by atoms with Gasteiger partial charge in [0.1, 0.15) is 0 Å². The van der Waals surface area contributed by atoms with Crippen molar-refractivity contribution in [2.75, 3.05) is 17.6 Å². The summed E-state index contributed by atoms with van der Waals surface area (Å²) in [6.45, 7) is 4.60. The smallest absolute Gasteiger partial charge is 0.319 e. The summed E-state index contributed by atoms with van der Waals surface area (Å²) in [4.78, 5) is 11.3. The molecule has 4 nitrogen and oxygen atoms in total. The van der Waals surface area contributed by atoms with Gasteiger partial charge in [-0.25, -0.2) is 4.79 Å². The van der Waals surface area contributed by atoms with Gasteiger partial charge in [-0.1, -0.05) is 13.0 Å². The third-order valence-corrected chi connectivity index (χ3v) is 2.07. The first-order valence-electron chi connectivity index (χ1n) is 5.04. The highest BCUT2D eigenvalue weighted by Gasteiger charge is 2.01. The van der Waals surface area contributed by atoms with Crippen LogP contribution in [0.1, 0.15) is 18.9 Å². The molecule has 0 radical (unpaired) electrons. The first-order chi connectivity index (χ1) is 7.13. The molecule has 4 N–H and O–H groups in total. The molecular formula is C11H17N3O. The second-order valence-electron chi connectivity index (χ2n) is 3.45. The summed E-state index contributed by atoms with van der Waals surface area (Å²) in [5.41, 5.74) is 8.13. The number of nitrogen functional groups attached to an aromatic ring is 1. The van der Waals surface area contributed by atoms with Gasteiger partial charge < -0.3 is 16.4 Å². The standard InChI is InChI=1S/C11H17N3O/c1-3-6-13-11(15)14-9-5-4-8(2)10(12)7-9/h4-5,7H,3,6,12H2,1-2H3,(H2,13,14,15). The van der Waals surface area contributed by atoms with Crippen molar-refractivity contribution >= 4 is 17.4 Å². The summed E-state index contributed by atoms with van der Waals surface area (Å²) in [6.07, 6.45) is 0.920. The Kier molecular flexibility index (Phi) is 3.97. The van der Waals surface area contributed by atoms with Crippen molar-refractivity contribution in [3.05, 3.63) is 23.8 Å². The topological polar surface area (TPSA) is 67.2 Å². The Morgan fingerprint density at radius 1 is 1.47 bits per heavy atom. The maximum atomic E-state index is 11.3. The summed E-state index contributed by atoms with van der Waals surface area (Å²) in [6, 6.07) is 5.27. The molecule has 0 aliphatic rings. The third kappa shape index (κ3) is 3.50. The molecule has 4 heteroatoms. The number of carbonyl (C=O) groups excluding carboxylic acids is 1. The fourth-order valence-electron chi connectivity index (χ4n) is 1.13. The van der Waals surface area contributed by atoms with Crippen LogP contribution in [0, 0.1) is 6.92 Å². The number of urea groups is 1. The molecule has 0 saturated carbocycles. The molecular weight excluding hydrogens is 190 g/mol. The number of nitrogens with one attached hydrogen (secondary N) is 2. The molecule has 0 spiro atoms. The minimum Gasteiger partial charge on any atom is -0.398 e. The van der Waals surface area contributed by atoms with Gasteiger partial charge in [0.2, 0.25) is 0 Å². The number of anilines is 2. The van der Waals surface area contributed by atoms with Crippen LogP contribution < -0.4 is 16.4 Å². The number of amides is 2. The minimum absolute atomic E-state index is 0.194. The van der Waals surface area contributed by atoms with Crippen LogP contribution in [-0.2, 0) is 0 Å². The van der Waals surface area contributed by atoms with Crippen molar-refractivity contribution in [3.63, 3.8) is 0 Å². The van der Waals surface area contributed by atoms with Gasteiger partial charge in [-0.3, -0.25) is 0 Å². The molecule has 2 amide bonds. The number of aryl methyl sites for hydroxylation is 1. The number of carbonyl (C=O) groups is 1. The van der Waals surface area contributed by atoms with Gasteiger partial charge in [0, 0.05) is 17.9 Å². The van der Waals surface area contributed by atoms with Gasteiger partial charge in [-0.2, -0.15) is 0 Å². The minimum atomic E-state index is -0.194. The van der Waals surface area contributed by atoms with E-state index in [9.17, 15) is 4.79 Å². The van der Waals surface area contributed by atoms with Crippen LogP contribution in [-0.4, -0.2) is 12.6 Å². The molecule has 0 saturated heterocycles. The predicted molar refractivity (Wildman–Crippen MR) is 62.9 cm³/mol. The quantitative estimate of drug-likeness (QED) is 0.664. The largest absolute Gasteiger partial charge is 0.398 e. The summed E-state index contributed by atoms with van der Waals surface area (Å²) in [5, 5.41) is 5.44. The lowest BCUT2D eigenvalue weighted by molar-refractivity contribution is 0.252. The zero-order chi connectivity index (χ0) is 11.3. The highest BCUT2D eigenvalue weighted by atomic mass is 16.2. The van der Waals surface area contributed by atoms with E-state index in [0.29, 0.717) is 17.9 Å². The SMILES string of the molecule is CCCNC(=O)Nc1ccc(C)c(N)c1. The van der Waals surface area contributed by atoms with E-state index >= 15 is 0 Å². The molecule has 0 heterocycles. The van der Waals surface area contributed by atoms with E-state index in [1.54, 1.807) is 6.07 Å². The second kappa shape index (κ2) is 5.24. The van der Waals surface area contributed by atoms with Crippen LogP contribution in [0.15, 0.2) is 18.2 Å². The summed E-state index contributed by atoms with van der Waals surface area (Å²) in [5.74, 6) is 0. The average molecular weight is 207 g/mol. The first kappa shape index (κ1) is 11.4. The molecule has 0 fully saturated rings. The van der Waals surface area contributed by atoms with Gasteiger partial charge in [0.25, 0.3) is 0 Å². The van der Waals surface area contributed by atoms with Gasteiger partial charge in [0.15, 0.2) is 0 Å². The van der Waals surface area contributed by atoms with Crippen molar-refractivity contribution < 1.29 is 4.79 Å². The predicted octanol–water partition coefficient (Wildman–Crippen LogP) is 2.11. The van der Waals surface area contributed by atoms with Crippen LogP contribution in [0.5, 0.6) is 0 Å². The number of nitrogens with two attached hydrogens (primary N) is 1. The Labute approximate surface area is 89.9 Å². The lowest BCUT2D eigenvalue weighted by atomic mass is 10.2. The number of hydrogen-bond donors (Lipinski definition) is 3. The molecule has 0 aromatic heterocycles. The van der Waals surface area contributed by atoms with Gasteiger partial charge in [-0.05, 0) is 31.0 Å². The normalized spacial score (nSPS) is 9.73. The number of hydrogen-bond acceptors (Lipinski definition) is 2. The molecule has 0 unspecified atom stereocenters. The van der Waals surface area contributed by atoms with Crippen molar-refractivity contribution in [1.29, 1.82) is 0 Å². The maximum absolute atomic E-state index is 11.3. The molecule has 0 aliphatic heterocycles. The highest BCUT2D eigenvalue weighted by molar-refractivity contribution is 5.89. The molecule has 0 aliphatic carbocycles. The monoisotopic (exact) mass is 207 g/mol. The molecule has 1 rings (SSSR count). The van der Waals surface area contributed by atoms with Crippen LogP contribution >= 0.6 is 0 Å². The van der Waals surface area contributed by atoms with E-state index in [1.165, 1.54) is 0 Å². The fraction of sp³-hybridized carbons (Fsp3) is 0.364. The van der Waals surface area contributed by atoms with Gasteiger partial charge in [-0.15, -0.1) is 0 Å². The van der Waals surface area contributed by atoms with Crippen LogP contribution in [0.2, 0.25) is 0 Å². The zero-order valence-corrected chi connectivity index (χ0v) is 9.13. The number of rotatable bonds is 3. The van der Waals surface area contributed by atoms with E-state index in [1.807, 2.05) is 26.0 Å². The highest BCUT2D eigenvalue weighted by Crippen LogP contribution is 2.16. The van der Waals surface area contributed by atoms with E-state index < -0.39 is 0 Å². The van der Waals surface area contributed by atoms with E-state index in [-0.39, 0.29) is 6.03 Å². The Hall–Kier alpha value is -1.71. The maximum Gasteiger partial charge on any atom is 0.319 e. The molecule has 1 aromatic rings. The zero-order valence-electron chi connectivity index (χ0n) is 9.13. The Bertz CT molecular complexity index is 350. The summed E-state index contributed by atoms with van der Waals surface area (Å²) in [7, 11) is 0. The van der Waals surface area contributed by atoms with Crippen molar-refractivity contribution in [2.24, 2.45) is 0 Å². The van der Waals surface area contributed by atoms with Crippen molar-refractivity contribution in [1.82, 2.24) is 5.32 Å². The van der Waals surface area contributed by atoms with Crippen LogP contribution in [0.3, 0.4) is 0 Å². The molecule has 82 valence electrons. The Morgan fingerprint density at radius 3 is 2.80 bits per heavy atom. The lowest BCUT2D eigenvalue weighted by Gasteiger charge is -2.08. The third-order valence-electron chi connectivity index (χ3n) is 2.07. The van der Waals surface area contributed by atoms with Crippen molar-refractivity contribution in [2.45, 2.75) is 20.3 Å². The summed E-state index contributed by atoms with van der Waals surface area (Å²) >= 11 is 0. The van der Waals surface area contributed by atoms with Crippen LogP contribution in [0.25, 0.3) is 0 Å². The molecule has 1 aromatic carbocycles. The Morgan fingerprint density at radius 2 is 2.20 bits per heavy atom. The number of benzene rings is 1. The molecule has 15 heavy (non-hydrogen) atoms. The fourth-order valence-corrected chi connectivity index (χ4v) is 1.13. The average Bonchev–Trinajstić information content (AvgIpc) is 2.20.